The molecule has 0 unspecified atom stereocenters. The maximum Gasteiger partial charge on any atom is 0.307 e. The number of hydrogen-bond donors (Lipinski definition) is 1. The molecule has 2 rings (SSSR count). The molecular formula is C19H28N2O4. The van der Waals surface area contributed by atoms with Gasteiger partial charge in [0.15, 0.2) is 6.10 Å². The van der Waals surface area contributed by atoms with Gasteiger partial charge in [0.05, 0.1) is 19.6 Å². The molecule has 1 N–H and O–H groups in total. The highest BCUT2D eigenvalue weighted by molar-refractivity contribution is 5.95. The summed E-state index contributed by atoms with van der Waals surface area (Å²) in [5.41, 5.74) is 1.62. The van der Waals surface area contributed by atoms with Crippen LogP contribution in [-0.4, -0.2) is 44.3 Å². The van der Waals surface area contributed by atoms with Crippen molar-refractivity contribution < 1.29 is 19.1 Å². The van der Waals surface area contributed by atoms with Gasteiger partial charge in [0.2, 0.25) is 0 Å². The molecule has 0 saturated carbocycles. The van der Waals surface area contributed by atoms with Gasteiger partial charge in [0.1, 0.15) is 0 Å². The summed E-state index contributed by atoms with van der Waals surface area (Å²) in [6.45, 7) is 10.6. The first-order valence-electron chi connectivity index (χ1n) is 8.68. The van der Waals surface area contributed by atoms with E-state index in [0.717, 1.165) is 32.0 Å². The number of benzene rings is 1. The number of carbonyl (C=O) groups is 2. The number of nitrogens with one attached hydrogen (secondary N) is 1. The maximum absolute atomic E-state index is 12.2. The van der Waals surface area contributed by atoms with Crippen LogP contribution in [0.3, 0.4) is 0 Å². The third-order valence-electron chi connectivity index (χ3n) is 3.86. The fourth-order valence-corrected chi connectivity index (χ4v) is 2.55. The number of anilines is 2. The third-order valence-corrected chi connectivity index (χ3v) is 3.86. The average molecular weight is 348 g/mol. The number of carbonyl (C=O) groups excluding carboxylic acids is 2. The van der Waals surface area contributed by atoms with Crippen molar-refractivity contribution in [2.75, 3.05) is 36.5 Å². The van der Waals surface area contributed by atoms with Crippen molar-refractivity contribution in [1.82, 2.24) is 0 Å². The minimum Gasteiger partial charge on any atom is -0.453 e. The molecule has 138 valence electrons. The molecule has 0 bridgehead atoms. The van der Waals surface area contributed by atoms with Gasteiger partial charge < -0.3 is 19.7 Å². The summed E-state index contributed by atoms with van der Waals surface area (Å²) in [4.78, 5) is 26.3. The third kappa shape index (κ3) is 6.38. The Kier molecular flexibility index (Phi) is 6.42. The van der Waals surface area contributed by atoms with Gasteiger partial charge in [-0.2, -0.15) is 0 Å². The van der Waals surface area contributed by atoms with Crippen molar-refractivity contribution in [2.24, 2.45) is 5.41 Å². The van der Waals surface area contributed by atoms with E-state index in [9.17, 15) is 9.59 Å². The number of hydrogen-bond acceptors (Lipinski definition) is 5. The van der Waals surface area contributed by atoms with Gasteiger partial charge >= 0.3 is 5.97 Å². The lowest BCUT2D eigenvalue weighted by Crippen LogP contribution is -2.36. The second-order valence-corrected chi connectivity index (χ2v) is 7.51. The zero-order valence-corrected chi connectivity index (χ0v) is 15.5. The van der Waals surface area contributed by atoms with Crippen LogP contribution in [0.25, 0.3) is 0 Å². The first-order chi connectivity index (χ1) is 11.7. The van der Waals surface area contributed by atoms with E-state index < -0.39 is 6.10 Å². The van der Waals surface area contributed by atoms with E-state index in [1.54, 1.807) is 6.92 Å². The van der Waals surface area contributed by atoms with Crippen LogP contribution in [0.2, 0.25) is 0 Å². The van der Waals surface area contributed by atoms with E-state index in [1.807, 2.05) is 45.0 Å². The molecule has 6 nitrogen and oxygen atoms in total. The minimum absolute atomic E-state index is 0.164. The highest BCUT2D eigenvalue weighted by atomic mass is 16.5. The predicted molar refractivity (Wildman–Crippen MR) is 97.7 cm³/mol. The molecule has 1 saturated heterocycles. The maximum atomic E-state index is 12.2. The van der Waals surface area contributed by atoms with Crippen molar-refractivity contribution in [1.29, 1.82) is 0 Å². The standard InChI is InChI=1S/C19H28N2O4/c1-14(25-17(22)13-19(2,3)4)18(23)20-15-5-7-16(8-6-15)21-9-11-24-12-10-21/h5-8,14H,9-13H2,1-4H3,(H,20,23)/t14-/m0/s1. The van der Waals surface area contributed by atoms with Crippen molar-refractivity contribution in [2.45, 2.75) is 40.2 Å². The summed E-state index contributed by atoms with van der Waals surface area (Å²) in [5, 5.41) is 2.78. The summed E-state index contributed by atoms with van der Waals surface area (Å²) < 4.78 is 10.6. The molecule has 0 spiro atoms. The highest BCUT2D eigenvalue weighted by Gasteiger charge is 2.22. The van der Waals surface area contributed by atoms with Crippen LogP contribution in [0, 0.1) is 5.41 Å². The normalized spacial score (nSPS) is 16.2. The van der Waals surface area contributed by atoms with Gasteiger partial charge in [-0.05, 0) is 36.6 Å². The van der Waals surface area contributed by atoms with Gasteiger partial charge in [-0.3, -0.25) is 9.59 Å². The monoisotopic (exact) mass is 348 g/mol. The molecule has 1 aromatic carbocycles. The second-order valence-electron chi connectivity index (χ2n) is 7.51. The summed E-state index contributed by atoms with van der Waals surface area (Å²) in [6.07, 6.45) is -0.549. The Balaban J connectivity index is 1.86. The van der Waals surface area contributed by atoms with Crippen molar-refractivity contribution in [3.05, 3.63) is 24.3 Å². The largest absolute Gasteiger partial charge is 0.453 e. The van der Waals surface area contributed by atoms with Crippen molar-refractivity contribution in [3.8, 4) is 0 Å². The lowest BCUT2D eigenvalue weighted by atomic mass is 9.92. The first kappa shape index (κ1) is 19.2. The zero-order valence-electron chi connectivity index (χ0n) is 15.5. The number of rotatable bonds is 5. The van der Waals surface area contributed by atoms with Crippen LogP contribution in [0.4, 0.5) is 11.4 Å². The van der Waals surface area contributed by atoms with E-state index in [-0.39, 0.29) is 23.7 Å². The Bertz CT molecular complexity index is 586. The second kappa shape index (κ2) is 8.34. The van der Waals surface area contributed by atoms with E-state index >= 15 is 0 Å². The Morgan fingerprint density at radius 2 is 1.80 bits per heavy atom. The average Bonchev–Trinajstić information content (AvgIpc) is 2.54. The highest BCUT2D eigenvalue weighted by Crippen LogP contribution is 2.21. The van der Waals surface area contributed by atoms with Gasteiger partial charge in [-0.1, -0.05) is 20.8 Å². The van der Waals surface area contributed by atoms with E-state index in [0.29, 0.717) is 5.69 Å². The van der Waals surface area contributed by atoms with Gasteiger partial charge in [0, 0.05) is 24.5 Å². The number of esters is 1. The Labute approximate surface area is 149 Å². The molecule has 0 aromatic heterocycles. The van der Waals surface area contributed by atoms with Crippen LogP contribution >= 0.6 is 0 Å². The van der Waals surface area contributed by atoms with Gasteiger partial charge in [0.25, 0.3) is 5.91 Å². The molecule has 1 aliphatic heterocycles. The van der Waals surface area contributed by atoms with Crippen LogP contribution in [0.1, 0.15) is 34.1 Å². The smallest absolute Gasteiger partial charge is 0.307 e. The molecule has 0 radical (unpaired) electrons. The summed E-state index contributed by atoms with van der Waals surface area (Å²) in [5.74, 6) is -0.695. The first-order valence-corrected chi connectivity index (χ1v) is 8.68. The molecule has 1 aliphatic rings. The number of amides is 1. The summed E-state index contributed by atoms with van der Waals surface area (Å²) >= 11 is 0. The molecule has 1 amide bonds. The van der Waals surface area contributed by atoms with Gasteiger partial charge in [-0.15, -0.1) is 0 Å². The Hall–Kier alpha value is -2.08. The molecule has 6 heteroatoms. The van der Waals surface area contributed by atoms with Crippen molar-refractivity contribution >= 4 is 23.3 Å². The Morgan fingerprint density at radius 3 is 2.36 bits per heavy atom. The number of ether oxygens (including phenoxy) is 2. The minimum atomic E-state index is -0.825. The zero-order chi connectivity index (χ0) is 18.4. The number of nitrogens with zero attached hydrogens (tertiary/aromatic N) is 1. The van der Waals surface area contributed by atoms with Crippen LogP contribution in [0.15, 0.2) is 24.3 Å². The molecule has 1 aromatic rings. The molecule has 25 heavy (non-hydrogen) atoms. The number of morpholine rings is 1. The van der Waals surface area contributed by atoms with Crippen LogP contribution < -0.4 is 10.2 Å². The summed E-state index contributed by atoms with van der Waals surface area (Å²) in [7, 11) is 0. The SMILES string of the molecule is C[C@H](OC(=O)CC(C)(C)C)C(=O)Nc1ccc(N2CCOCC2)cc1. The van der Waals surface area contributed by atoms with Crippen LogP contribution in [-0.2, 0) is 19.1 Å². The van der Waals surface area contributed by atoms with E-state index in [2.05, 4.69) is 10.2 Å². The van der Waals surface area contributed by atoms with Crippen molar-refractivity contribution in [3.63, 3.8) is 0 Å². The van der Waals surface area contributed by atoms with E-state index in [4.69, 9.17) is 9.47 Å². The summed E-state index contributed by atoms with van der Waals surface area (Å²) in [6, 6.07) is 7.65. The Morgan fingerprint density at radius 1 is 1.20 bits per heavy atom. The lowest BCUT2D eigenvalue weighted by molar-refractivity contribution is -0.154. The van der Waals surface area contributed by atoms with E-state index in [1.165, 1.54) is 0 Å². The molecule has 1 atom stereocenters. The topological polar surface area (TPSA) is 67.9 Å². The molecule has 1 fully saturated rings. The van der Waals surface area contributed by atoms with Gasteiger partial charge in [-0.25, -0.2) is 0 Å². The molecule has 1 heterocycles. The fraction of sp³-hybridized carbons (Fsp3) is 0.579. The predicted octanol–water partition coefficient (Wildman–Crippen LogP) is 2.83. The fourth-order valence-electron chi connectivity index (χ4n) is 2.55. The molecular weight excluding hydrogens is 320 g/mol. The lowest BCUT2D eigenvalue weighted by Gasteiger charge is -2.29. The molecule has 0 aliphatic carbocycles. The van der Waals surface area contributed by atoms with Crippen LogP contribution in [0.5, 0.6) is 0 Å². The quantitative estimate of drug-likeness (QED) is 0.829.